The molecule has 10 heteroatoms. The number of carbonyl (C=O) groups excluding carboxylic acids is 2. The Bertz CT molecular complexity index is 1010. The quantitative estimate of drug-likeness (QED) is 0.455. The second-order valence-corrected chi connectivity index (χ2v) is 8.06. The number of aryl methyl sites for hydroxylation is 1. The fourth-order valence-corrected chi connectivity index (χ4v) is 4.40. The molecule has 2 aromatic rings. The smallest absolute Gasteiger partial charge is 0.259 e. The summed E-state index contributed by atoms with van der Waals surface area (Å²) in [6.45, 7) is 3.39. The van der Waals surface area contributed by atoms with Crippen molar-refractivity contribution in [2.75, 3.05) is 6.61 Å². The maximum absolute atomic E-state index is 12.2. The minimum atomic E-state index is -1.11. The number of hydrogen-bond acceptors (Lipinski definition) is 6. The van der Waals surface area contributed by atoms with E-state index in [1.165, 1.54) is 0 Å². The van der Waals surface area contributed by atoms with E-state index in [2.05, 4.69) is 19.9 Å². The van der Waals surface area contributed by atoms with Gasteiger partial charge in [-0.15, -0.1) is 0 Å². The topological polar surface area (TPSA) is 115 Å². The van der Waals surface area contributed by atoms with Crippen molar-refractivity contribution >= 4 is 35.1 Å². The highest BCUT2D eigenvalue weighted by Crippen LogP contribution is 2.44. The van der Waals surface area contributed by atoms with Crippen LogP contribution in [0.4, 0.5) is 5.69 Å². The SMILES string of the molecule is CC1c2c(ccc(OCCCCCCn3ccnc3)c2Cl)N=C2NC(=O)C(C(N)=O)N21. The number of benzene rings is 1. The van der Waals surface area contributed by atoms with Crippen molar-refractivity contribution in [3.8, 4) is 5.75 Å². The molecule has 2 aliphatic rings. The molecule has 0 bridgehead atoms. The van der Waals surface area contributed by atoms with Gasteiger partial charge in [0.2, 0.25) is 11.9 Å². The van der Waals surface area contributed by atoms with Gasteiger partial charge in [-0.25, -0.2) is 9.98 Å². The molecular weight excluding hydrogens is 420 g/mol. The molecule has 2 aliphatic heterocycles. The number of aliphatic imine (C=N–C) groups is 1. The summed E-state index contributed by atoms with van der Waals surface area (Å²) in [5.74, 6) is -0.325. The Morgan fingerprint density at radius 1 is 1.29 bits per heavy atom. The lowest BCUT2D eigenvalue weighted by atomic mass is 10.0. The van der Waals surface area contributed by atoms with Gasteiger partial charge in [-0.3, -0.25) is 14.9 Å². The van der Waals surface area contributed by atoms with Crippen LogP contribution in [0.25, 0.3) is 0 Å². The zero-order chi connectivity index (χ0) is 22.0. The number of imidazole rings is 1. The fourth-order valence-electron chi connectivity index (χ4n) is 4.02. The molecule has 0 saturated carbocycles. The third-order valence-electron chi connectivity index (χ3n) is 5.59. The van der Waals surface area contributed by atoms with E-state index in [1.807, 2.05) is 25.5 Å². The van der Waals surface area contributed by atoms with Crippen molar-refractivity contribution in [3.05, 3.63) is 41.4 Å². The van der Waals surface area contributed by atoms with Crippen LogP contribution in [-0.4, -0.2) is 44.9 Å². The van der Waals surface area contributed by atoms with E-state index >= 15 is 0 Å². The van der Waals surface area contributed by atoms with Gasteiger partial charge >= 0.3 is 0 Å². The van der Waals surface area contributed by atoms with E-state index in [9.17, 15) is 9.59 Å². The summed E-state index contributed by atoms with van der Waals surface area (Å²) in [5, 5.41) is 3.06. The van der Waals surface area contributed by atoms with Gasteiger partial charge in [0, 0.05) is 24.5 Å². The molecular formula is C21H25ClN6O3. The summed E-state index contributed by atoms with van der Waals surface area (Å²) in [5.41, 5.74) is 6.78. The summed E-state index contributed by atoms with van der Waals surface area (Å²) in [6, 6.07) is 2.13. The van der Waals surface area contributed by atoms with E-state index in [-0.39, 0.29) is 6.04 Å². The van der Waals surface area contributed by atoms with Gasteiger partial charge in [-0.2, -0.15) is 0 Å². The molecule has 0 aliphatic carbocycles. The van der Waals surface area contributed by atoms with E-state index in [0.717, 1.165) is 32.2 Å². The molecule has 164 valence electrons. The third kappa shape index (κ3) is 4.23. The molecule has 1 aromatic carbocycles. The summed E-state index contributed by atoms with van der Waals surface area (Å²) in [6.07, 6.45) is 9.77. The van der Waals surface area contributed by atoms with E-state index in [1.54, 1.807) is 17.2 Å². The van der Waals surface area contributed by atoms with Crippen molar-refractivity contribution in [2.45, 2.75) is 51.2 Å². The molecule has 3 heterocycles. The number of hydrogen-bond donors (Lipinski definition) is 2. The van der Waals surface area contributed by atoms with Gasteiger partial charge in [-0.1, -0.05) is 24.4 Å². The Morgan fingerprint density at radius 3 is 2.84 bits per heavy atom. The van der Waals surface area contributed by atoms with Crippen LogP contribution in [-0.2, 0) is 16.1 Å². The molecule has 2 unspecified atom stereocenters. The van der Waals surface area contributed by atoms with Crippen LogP contribution in [0.3, 0.4) is 0 Å². The van der Waals surface area contributed by atoms with Crippen molar-refractivity contribution in [1.82, 2.24) is 19.8 Å². The predicted molar refractivity (Wildman–Crippen MR) is 116 cm³/mol. The molecule has 2 amide bonds. The van der Waals surface area contributed by atoms with Crippen LogP contribution < -0.4 is 15.8 Å². The van der Waals surface area contributed by atoms with Crippen LogP contribution in [0, 0.1) is 0 Å². The number of primary amides is 1. The normalized spacial score (nSPS) is 19.5. The highest BCUT2D eigenvalue weighted by Gasteiger charge is 2.46. The van der Waals surface area contributed by atoms with Crippen molar-refractivity contribution in [2.24, 2.45) is 10.7 Å². The summed E-state index contributed by atoms with van der Waals surface area (Å²) in [4.78, 5) is 34.0. The molecule has 2 atom stereocenters. The fraction of sp³-hybridized carbons (Fsp3) is 0.429. The number of ether oxygens (including phenoxy) is 1. The predicted octanol–water partition coefficient (Wildman–Crippen LogP) is 2.52. The Hall–Kier alpha value is -3.07. The summed E-state index contributed by atoms with van der Waals surface area (Å²) in [7, 11) is 0. The molecule has 1 saturated heterocycles. The number of amides is 2. The lowest BCUT2D eigenvalue weighted by molar-refractivity contribution is -0.131. The Morgan fingerprint density at radius 2 is 2.10 bits per heavy atom. The standard InChI is InChI=1S/C21H25ClN6O3/c1-13-16-14(25-21-26-20(30)18(19(23)29)28(13)21)6-7-15(17(16)22)31-11-5-3-2-4-9-27-10-8-24-12-27/h6-8,10,12-13,18H,2-5,9,11H2,1H3,(H2,23,29)(H,25,26,30). The zero-order valence-corrected chi connectivity index (χ0v) is 18.0. The lowest BCUT2D eigenvalue weighted by Crippen LogP contribution is -2.47. The molecule has 3 N–H and O–H groups in total. The second kappa shape index (κ2) is 8.97. The number of guanidine groups is 1. The van der Waals surface area contributed by atoms with Crippen LogP contribution in [0.1, 0.15) is 44.2 Å². The Labute approximate surface area is 185 Å². The highest BCUT2D eigenvalue weighted by atomic mass is 35.5. The molecule has 0 spiro atoms. The molecule has 1 fully saturated rings. The first-order chi connectivity index (χ1) is 15.0. The van der Waals surface area contributed by atoms with Crippen molar-refractivity contribution < 1.29 is 14.3 Å². The third-order valence-corrected chi connectivity index (χ3v) is 5.98. The van der Waals surface area contributed by atoms with Crippen molar-refractivity contribution in [3.63, 3.8) is 0 Å². The molecule has 9 nitrogen and oxygen atoms in total. The minimum Gasteiger partial charge on any atom is -0.492 e. The highest BCUT2D eigenvalue weighted by molar-refractivity contribution is 6.33. The number of halogens is 1. The van der Waals surface area contributed by atoms with E-state index < -0.39 is 17.9 Å². The molecule has 1 aromatic heterocycles. The average molecular weight is 445 g/mol. The minimum absolute atomic E-state index is 0.314. The van der Waals surface area contributed by atoms with Gasteiger partial charge in [0.25, 0.3) is 5.91 Å². The molecule has 4 rings (SSSR count). The monoisotopic (exact) mass is 444 g/mol. The van der Waals surface area contributed by atoms with Gasteiger partial charge in [0.15, 0.2) is 6.04 Å². The van der Waals surface area contributed by atoms with Crippen LogP contribution in [0.15, 0.2) is 35.8 Å². The number of rotatable bonds is 9. The Balaban J connectivity index is 1.35. The van der Waals surface area contributed by atoms with Gasteiger partial charge in [0.05, 0.1) is 29.7 Å². The van der Waals surface area contributed by atoms with E-state index in [4.69, 9.17) is 22.1 Å². The van der Waals surface area contributed by atoms with Crippen molar-refractivity contribution in [1.29, 1.82) is 0 Å². The van der Waals surface area contributed by atoms with Gasteiger partial charge in [-0.05, 0) is 31.9 Å². The first-order valence-electron chi connectivity index (χ1n) is 10.4. The number of aromatic nitrogens is 2. The summed E-state index contributed by atoms with van der Waals surface area (Å²) < 4.78 is 8.00. The second-order valence-electron chi connectivity index (χ2n) is 7.69. The van der Waals surface area contributed by atoms with Crippen LogP contribution >= 0.6 is 11.6 Å². The number of carbonyl (C=O) groups is 2. The summed E-state index contributed by atoms with van der Waals surface area (Å²) >= 11 is 6.64. The number of fused-ring (bicyclic) bond motifs is 2. The number of nitrogens with zero attached hydrogens (tertiary/aromatic N) is 4. The zero-order valence-electron chi connectivity index (χ0n) is 17.3. The largest absolute Gasteiger partial charge is 0.492 e. The van der Waals surface area contributed by atoms with Gasteiger partial charge < -0.3 is 19.9 Å². The van der Waals surface area contributed by atoms with Crippen LogP contribution in [0.2, 0.25) is 5.02 Å². The molecule has 31 heavy (non-hydrogen) atoms. The first-order valence-corrected chi connectivity index (χ1v) is 10.7. The lowest BCUT2D eigenvalue weighted by Gasteiger charge is -2.33. The van der Waals surface area contributed by atoms with E-state index in [0.29, 0.717) is 34.6 Å². The van der Waals surface area contributed by atoms with Gasteiger partial charge in [0.1, 0.15) is 5.75 Å². The number of nitrogens with one attached hydrogen (secondary N) is 1. The Kier molecular flexibility index (Phi) is 6.13. The number of nitrogens with two attached hydrogens (primary N) is 1. The molecule has 0 radical (unpaired) electrons. The average Bonchev–Trinajstić information content (AvgIpc) is 3.35. The maximum Gasteiger partial charge on any atom is 0.259 e. The van der Waals surface area contributed by atoms with Crippen LogP contribution in [0.5, 0.6) is 5.75 Å². The first kappa shape index (κ1) is 21.2. The maximum atomic E-state index is 12.2. The number of unbranched alkanes of at least 4 members (excludes halogenated alkanes) is 3.